The maximum atomic E-state index is 5.83. The standard InChI is InChI=1S/C14H13ClNO/c1-11(13-7-14(15)9-16-8-13)17-10-12-5-3-2-4-6-12/h2-8,11H,10H2,1H3. The van der Waals surface area contributed by atoms with E-state index in [0.717, 1.165) is 11.1 Å². The smallest absolute Gasteiger partial charge is 0.109 e. The number of halogens is 1. The quantitative estimate of drug-likeness (QED) is 0.818. The zero-order valence-electron chi connectivity index (χ0n) is 9.56. The molecule has 1 atom stereocenters. The van der Waals surface area contributed by atoms with Crippen molar-refractivity contribution in [2.75, 3.05) is 0 Å². The molecule has 17 heavy (non-hydrogen) atoms. The summed E-state index contributed by atoms with van der Waals surface area (Å²) in [5.74, 6) is 0. The summed E-state index contributed by atoms with van der Waals surface area (Å²) in [6, 6.07) is 11.9. The van der Waals surface area contributed by atoms with Gasteiger partial charge in [-0.05, 0) is 18.6 Å². The summed E-state index contributed by atoms with van der Waals surface area (Å²) in [6.07, 6.45) is 4.35. The third-order valence-electron chi connectivity index (χ3n) is 2.49. The lowest BCUT2D eigenvalue weighted by Gasteiger charge is -2.13. The Hall–Kier alpha value is -1.38. The Morgan fingerprint density at radius 1 is 1.35 bits per heavy atom. The number of hydrogen-bond acceptors (Lipinski definition) is 2. The Bertz CT molecular complexity index is 473. The maximum Gasteiger partial charge on any atom is 0.109 e. The molecular formula is C14H13ClNO. The van der Waals surface area contributed by atoms with E-state index in [2.05, 4.69) is 11.2 Å². The van der Waals surface area contributed by atoms with Crippen molar-refractivity contribution in [1.29, 1.82) is 0 Å². The highest BCUT2D eigenvalue weighted by Gasteiger charge is 2.07. The molecule has 1 aromatic carbocycles. The van der Waals surface area contributed by atoms with Crippen molar-refractivity contribution in [1.82, 2.24) is 4.98 Å². The highest BCUT2D eigenvalue weighted by atomic mass is 35.5. The third kappa shape index (κ3) is 3.55. The fourth-order valence-corrected chi connectivity index (χ4v) is 1.67. The molecule has 2 rings (SSSR count). The van der Waals surface area contributed by atoms with E-state index in [-0.39, 0.29) is 6.10 Å². The normalized spacial score (nSPS) is 12.4. The first-order valence-corrected chi connectivity index (χ1v) is 5.82. The predicted molar refractivity (Wildman–Crippen MR) is 67.7 cm³/mol. The summed E-state index contributed by atoms with van der Waals surface area (Å²) >= 11 is 5.83. The molecular weight excluding hydrogens is 234 g/mol. The summed E-state index contributed by atoms with van der Waals surface area (Å²) in [5, 5.41) is 0.512. The van der Waals surface area contributed by atoms with Crippen LogP contribution in [0.4, 0.5) is 0 Å². The van der Waals surface area contributed by atoms with E-state index in [1.807, 2.05) is 43.3 Å². The van der Waals surface area contributed by atoms with Crippen molar-refractivity contribution in [3.05, 3.63) is 64.9 Å². The van der Waals surface area contributed by atoms with Crippen molar-refractivity contribution in [3.63, 3.8) is 0 Å². The number of hydrogen-bond donors (Lipinski definition) is 0. The van der Waals surface area contributed by atoms with Crippen molar-refractivity contribution in [2.24, 2.45) is 0 Å². The molecule has 2 aromatic rings. The average Bonchev–Trinajstić information content (AvgIpc) is 2.37. The molecule has 0 aliphatic heterocycles. The second-order valence-electron chi connectivity index (χ2n) is 3.80. The molecule has 0 saturated heterocycles. The topological polar surface area (TPSA) is 22.1 Å². The molecule has 87 valence electrons. The van der Waals surface area contributed by atoms with E-state index in [0.29, 0.717) is 11.6 Å². The second kappa shape index (κ2) is 5.80. The van der Waals surface area contributed by atoms with Crippen LogP contribution >= 0.6 is 11.6 Å². The second-order valence-corrected chi connectivity index (χ2v) is 4.21. The summed E-state index contributed by atoms with van der Waals surface area (Å²) in [5.41, 5.74) is 2.12. The van der Waals surface area contributed by atoms with E-state index in [1.165, 1.54) is 0 Å². The van der Waals surface area contributed by atoms with E-state index in [9.17, 15) is 0 Å². The van der Waals surface area contributed by atoms with Gasteiger partial charge in [0, 0.05) is 11.8 Å². The van der Waals surface area contributed by atoms with E-state index < -0.39 is 0 Å². The van der Waals surface area contributed by atoms with Crippen LogP contribution in [0.1, 0.15) is 24.2 Å². The Kier molecular flexibility index (Phi) is 4.13. The fourth-order valence-electron chi connectivity index (χ4n) is 1.50. The third-order valence-corrected chi connectivity index (χ3v) is 2.68. The molecule has 1 heterocycles. The van der Waals surface area contributed by atoms with Crippen LogP contribution < -0.4 is 0 Å². The highest BCUT2D eigenvalue weighted by molar-refractivity contribution is 6.30. The molecule has 0 fully saturated rings. The van der Waals surface area contributed by atoms with Crippen LogP contribution in [0.15, 0.2) is 42.6 Å². The molecule has 0 amide bonds. The monoisotopic (exact) mass is 246 g/mol. The minimum absolute atomic E-state index is 0.0326. The van der Waals surface area contributed by atoms with Crippen LogP contribution in [0.5, 0.6) is 0 Å². The number of nitrogens with zero attached hydrogens (tertiary/aromatic N) is 1. The Labute approximate surface area is 106 Å². The largest absolute Gasteiger partial charge is 0.369 e. The summed E-state index contributed by atoms with van der Waals surface area (Å²) in [7, 11) is 0. The first kappa shape index (κ1) is 12.1. The van der Waals surface area contributed by atoms with Gasteiger partial charge < -0.3 is 4.74 Å². The molecule has 0 aliphatic rings. The highest BCUT2D eigenvalue weighted by Crippen LogP contribution is 2.20. The summed E-state index contributed by atoms with van der Waals surface area (Å²) in [4.78, 5) is 3.92. The van der Waals surface area contributed by atoms with Gasteiger partial charge in [0.1, 0.15) is 6.20 Å². The fraction of sp³-hybridized carbons (Fsp3) is 0.214. The van der Waals surface area contributed by atoms with Gasteiger partial charge in [-0.3, -0.25) is 4.98 Å². The number of benzene rings is 1. The number of pyridine rings is 1. The number of rotatable bonds is 4. The van der Waals surface area contributed by atoms with Crippen LogP contribution in [0, 0.1) is 6.20 Å². The van der Waals surface area contributed by atoms with Crippen LogP contribution in [0.3, 0.4) is 0 Å². The van der Waals surface area contributed by atoms with Gasteiger partial charge in [-0.15, -0.1) is 0 Å². The summed E-state index contributed by atoms with van der Waals surface area (Å²) < 4.78 is 5.76. The molecule has 0 aliphatic carbocycles. The maximum absolute atomic E-state index is 5.83. The minimum Gasteiger partial charge on any atom is -0.369 e. The molecule has 2 nitrogen and oxygen atoms in total. The van der Waals surface area contributed by atoms with Gasteiger partial charge in [-0.25, -0.2) is 0 Å². The molecule has 0 N–H and O–H groups in total. The minimum atomic E-state index is -0.0326. The van der Waals surface area contributed by atoms with Crippen molar-refractivity contribution in [3.8, 4) is 0 Å². The lowest BCUT2D eigenvalue weighted by atomic mass is 10.2. The van der Waals surface area contributed by atoms with Crippen LogP contribution in [-0.4, -0.2) is 4.98 Å². The molecule has 0 bridgehead atoms. The summed E-state index contributed by atoms with van der Waals surface area (Å²) in [6.45, 7) is 2.56. The predicted octanol–water partition coefficient (Wildman–Crippen LogP) is 3.81. The van der Waals surface area contributed by atoms with Crippen molar-refractivity contribution >= 4 is 11.6 Å². The molecule has 1 unspecified atom stereocenters. The van der Waals surface area contributed by atoms with Gasteiger partial charge in [-0.1, -0.05) is 41.9 Å². The van der Waals surface area contributed by atoms with Gasteiger partial charge >= 0.3 is 0 Å². The molecule has 0 saturated carbocycles. The zero-order chi connectivity index (χ0) is 12.1. The Morgan fingerprint density at radius 3 is 2.82 bits per heavy atom. The van der Waals surface area contributed by atoms with Gasteiger partial charge in [0.15, 0.2) is 0 Å². The van der Waals surface area contributed by atoms with Gasteiger partial charge in [0.05, 0.1) is 17.7 Å². The Morgan fingerprint density at radius 2 is 2.12 bits per heavy atom. The van der Waals surface area contributed by atoms with E-state index in [1.54, 1.807) is 6.20 Å². The number of aromatic nitrogens is 1. The zero-order valence-corrected chi connectivity index (χ0v) is 10.3. The lowest BCUT2D eigenvalue weighted by Crippen LogP contribution is -2.01. The van der Waals surface area contributed by atoms with E-state index >= 15 is 0 Å². The lowest BCUT2D eigenvalue weighted by molar-refractivity contribution is 0.0523. The van der Waals surface area contributed by atoms with Crippen LogP contribution in [-0.2, 0) is 11.3 Å². The molecule has 3 heteroatoms. The van der Waals surface area contributed by atoms with Crippen molar-refractivity contribution in [2.45, 2.75) is 19.6 Å². The van der Waals surface area contributed by atoms with Crippen molar-refractivity contribution < 1.29 is 4.74 Å². The number of ether oxygens (including phenoxy) is 1. The van der Waals surface area contributed by atoms with E-state index in [4.69, 9.17) is 16.3 Å². The van der Waals surface area contributed by atoms with Gasteiger partial charge in [-0.2, -0.15) is 0 Å². The van der Waals surface area contributed by atoms with Crippen LogP contribution in [0.25, 0.3) is 0 Å². The van der Waals surface area contributed by atoms with Crippen LogP contribution in [0.2, 0.25) is 5.02 Å². The van der Waals surface area contributed by atoms with Gasteiger partial charge in [0.25, 0.3) is 0 Å². The molecule has 1 radical (unpaired) electrons. The Balaban J connectivity index is 1.96. The average molecular weight is 247 g/mol. The first-order valence-electron chi connectivity index (χ1n) is 5.44. The molecule has 0 spiro atoms. The molecule has 1 aromatic heterocycles. The first-order chi connectivity index (χ1) is 8.25. The SMILES string of the molecule is CC(OCc1ccccc1)c1cn[c]c(Cl)c1. The van der Waals surface area contributed by atoms with Gasteiger partial charge in [0.2, 0.25) is 0 Å².